The van der Waals surface area contributed by atoms with E-state index in [9.17, 15) is 18.0 Å². The summed E-state index contributed by atoms with van der Waals surface area (Å²) in [6.07, 6.45) is 0. The molecule has 1 N–H and O–H groups in total. The van der Waals surface area contributed by atoms with Gasteiger partial charge in [-0.05, 0) is 12.1 Å². The molecule has 2 nitrogen and oxygen atoms in total. The number of halogens is 3. The van der Waals surface area contributed by atoms with Gasteiger partial charge < -0.3 is 5.11 Å². The number of carboxylic acids is 1. The molecule has 1 rings (SSSR count). The molecule has 6 heteroatoms. The molecular weight excluding hydrogens is 180 g/mol. The molecule has 0 aliphatic rings. The third-order valence-corrected chi connectivity index (χ3v) is 1.27. The summed E-state index contributed by atoms with van der Waals surface area (Å²) in [7, 11) is 0. The molecule has 0 aliphatic carbocycles. The SMILES string of the molecule is O=C(O)c1ccc(F)c(F)c1F.[LiH]. The second kappa shape index (κ2) is 4.35. The number of hydrogen-bond acceptors (Lipinski definition) is 1. The summed E-state index contributed by atoms with van der Waals surface area (Å²) in [5.74, 6) is -6.48. The normalized spacial score (nSPS) is 9.15. The molecule has 13 heavy (non-hydrogen) atoms. The van der Waals surface area contributed by atoms with Crippen molar-refractivity contribution < 1.29 is 23.1 Å². The van der Waals surface area contributed by atoms with Crippen LogP contribution in [0.25, 0.3) is 0 Å². The van der Waals surface area contributed by atoms with Gasteiger partial charge >= 0.3 is 24.8 Å². The third-order valence-electron chi connectivity index (χ3n) is 1.27. The molecular formula is C7H4F3LiO2. The Morgan fingerprint density at radius 1 is 1.15 bits per heavy atom. The quantitative estimate of drug-likeness (QED) is 0.525. The average molecular weight is 184 g/mol. The maximum atomic E-state index is 12.5. The van der Waals surface area contributed by atoms with Gasteiger partial charge in [-0.2, -0.15) is 0 Å². The second-order valence-electron chi connectivity index (χ2n) is 2.03. The van der Waals surface area contributed by atoms with Crippen LogP contribution in [0.2, 0.25) is 0 Å². The van der Waals surface area contributed by atoms with Gasteiger partial charge in [0.2, 0.25) is 0 Å². The summed E-state index contributed by atoms with van der Waals surface area (Å²) in [6.45, 7) is 0. The number of hydrogen-bond donors (Lipinski definition) is 1. The number of carboxylic acid groups (broad SMARTS) is 1. The van der Waals surface area contributed by atoms with Gasteiger partial charge in [-0.1, -0.05) is 0 Å². The van der Waals surface area contributed by atoms with E-state index in [0.717, 1.165) is 0 Å². The second-order valence-corrected chi connectivity index (χ2v) is 2.03. The fourth-order valence-corrected chi connectivity index (χ4v) is 0.691. The molecule has 0 aliphatic heterocycles. The van der Waals surface area contributed by atoms with Crippen LogP contribution < -0.4 is 0 Å². The molecule has 0 saturated carbocycles. The predicted octanol–water partition coefficient (Wildman–Crippen LogP) is 1.15. The first kappa shape index (κ1) is 12.1. The van der Waals surface area contributed by atoms with Gasteiger partial charge in [0, 0.05) is 0 Å². The molecule has 0 bridgehead atoms. The first-order valence-corrected chi connectivity index (χ1v) is 2.91. The minimum absolute atomic E-state index is 0. The number of carbonyl (C=O) groups is 1. The van der Waals surface area contributed by atoms with Crippen LogP contribution in [0.5, 0.6) is 0 Å². The van der Waals surface area contributed by atoms with Crippen molar-refractivity contribution >= 4 is 24.8 Å². The summed E-state index contributed by atoms with van der Waals surface area (Å²) in [4.78, 5) is 10.2. The first-order valence-electron chi connectivity index (χ1n) is 2.91. The summed E-state index contributed by atoms with van der Waals surface area (Å²) in [5, 5.41) is 8.25. The zero-order chi connectivity index (χ0) is 9.30. The van der Waals surface area contributed by atoms with Crippen molar-refractivity contribution in [3.63, 3.8) is 0 Å². The molecule has 0 atom stereocenters. The molecule has 0 aromatic heterocycles. The van der Waals surface area contributed by atoms with E-state index in [-0.39, 0.29) is 18.9 Å². The van der Waals surface area contributed by atoms with Crippen LogP contribution in [0.1, 0.15) is 10.4 Å². The van der Waals surface area contributed by atoms with Crippen LogP contribution in [0, 0.1) is 17.5 Å². The fourth-order valence-electron chi connectivity index (χ4n) is 0.691. The van der Waals surface area contributed by atoms with Crippen molar-refractivity contribution in [1.29, 1.82) is 0 Å². The summed E-state index contributed by atoms with van der Waals surface area (Å²) in [6, 6.07) is 1.22. The van der Waals surface area contributed by atoms with Crippen molar-refractivity contribution in [2.45, 2.75) is 0 Å². The molecule has 0 radical (unpaired) electrons. The van der Waals surface area contributed by atoms with E-state index in [0.29, 0.717) is 12.1 Å². The Morgan fingerprint density at radius 3 is 2.15 bits per heavy atom. The van der Waals surface area contributed by atoms with Crippen molar-refractivity contribution in [3.8, 4) is 0 Å². The Balaban J connectivity index is 0.00000144. The number of rotatable bonds is 1. The van der Waals surface area contributed by atoms with Crippen molar-refractivity contribution in [2.24, 2.45) is 0 Å². The molecule has 1 aromatic carbocycles. The van der Waals surface area contributed by atoms with Gasteiger partial charge in [0.05, 0.1) is 5.56 Å². The topological polar surface area (TPSA) is 37.3 Å². The third kappa shape index (κ3) is 2.26. The van der Waals surface area contributed by atoms with Crippen LogP contribution in [0.4, 0.5) is 13.2 Å². The van der Waals surface area contributed by atoms with E-state index in [1.807, 2.05) is 0 Å². The Hall–Kier alpha value is -0.923. The van der Waals surface area contributed by atoms with Gasteiger partial charge in [0.1, 0.15) is 0 Å². The van der Waals surface area contributed by atoms with Gasteiger partial charge in [0.25, 0.3) is 0 Å². The van der Waals surface area contributed by atoms with Crippen molar-refractivity contribution in [2.75, 3.05) is 0 Å². The predicted molar refractivity (Wildman–Crippen MR) is 40.4 cm³/mol. The Bertz CT molecular complexity index is 341. The van der Waals surface area contributed by atoms with Gasteiger partial charge in [-0.25, -0.2) is 18.0 Å². The van der Waals surface area contributed by atoms with Crippen LogP contribution in [-0.2, 0) is 0 Å². The van der Waals surface area contributed by atoms with Crippen LogP contribution in [0.15, 0.2) is 12.1 Å². The van der Waals surface area contributed by atoms with Crippen molar-refractivity contribution in [3.05, 3.63) is 35.1 Å². The average Bonchev–Trinajstić information content (AvgIpc) is 2.00. The van der Waals surface area contributed by atoms with Gasteiger partial charge in [0.15, 0.2) is 17.5 Å². The standard InChI is InChI=1S/C7H3F3O2.Li.H/c8-4-2-1-3(7(11)12)5(9)6(4)10;;/h1-2H,(H,11,12);;. The van der Waals surface area contributed by atoms with Crippen LogP contribution in [0.3, 0.4) is 0 Å². The molecule has 66 valence electrons. The van der Waals surface area contributed by atoms with Gasteiger partial charge in [-0.15, -0.1) is 0 Å². The van der Waals surface area contributed by atoms with E-state index in [4.69, 9.17) is 5.11 Å². The molecule has 0 amide bonds. The molecule has 1 aromatic rings. The number of aromatic carboxylic acids is 1. The molecule has 0 spiro atoms. The molecule has 0 heterocycles. The van der Waals surface area contributed by atoms with E-state index >= 15 is 0 Å². The summed E-state index contributed by atoms with van der Waals surface area (Å²) in [5.41, 5.74) is -0.881. The minimum atomic E-state index is -1.77. The van der Waals surface area contributed by atoms with E-state index in [1.54, 1.807) is 0 Å². The van der Waals surface area contributed by atoms with Crippen LogP contribution >= 0.6 is 0 Å². The molecule has 0 saturated heterocycles. The summed E-state index contributed by atoms with van der Waals surface area (Å²) < 4.78 is 37.1. The monoisotopic (exact) mass is 184 g/mol. The maximum absolute atomic E-state index is 12.5. The zero-order valence-electron chi connectivity index (χ0n) is 5.64. The van der Waals surface area contributed by atoms with E-state index < -0.39 is 29.0 Å². The van der Waals surface area contributed by atoms with Gasteiger partial charge in [-0.3, -0.25) is 0 Å². The summed E-state index contributed by atoms with van der Waals surface area (Å²) >= 11 is 0. The Morgan fingerprint density at radius 2 is 1.69 bits per heavy atom. The van der Waals surface area contributed by atoms with E-state index in [2.05, 4.69) is 0 Å². The zero-order valence-corrected chi connectivity index (χ0v) is 5.64. The Labute approximate surface area is 83.5 Å². The Kier molecular flexibility index (Phi) is 4.04. The number of benzene rings is 1. The fraction of sp³-hybridized carbons (Fsp3) is 0. The van der Waals surface area contributed by atoms with Crippen LogP contribution in [-0.4, -0.2) is 29.9 Å². The van der Waals surface area contributed by atoms with Crippen molar-refractivity contribution in [1.82, 2.24) is 0 Å². The molecule has 0 unspecified atom stereocenters. The first-order chi connectivity index (χ1) is 5.54. The molecule has 0 fully saturated rings. The van der Waals surface area contributed by atoms with E-state index in [1.165, 1.54) is 0 Å².